The normalized spacial score (nSPS) is 15.9. The summed E-state index contributed by atoms with van der Waals surface area (Å²) in [6, 6.07) is 8.53. The Hall–Kier alpha value is -1.03. The van der Waals surface area contributed by atoms with Gasteiger partial charge in [0, 0.05) is 31.2 Å². The fourth-order valence-electron chi connectivity index (χ4n) is 2.45. The first-order valence-electron chi connectivity index (χ1n) is 6.99. The van der Waals surface area contributed by atoms with Crippen molar-refractivity contribution in [3.05, 3.63) is 34.3 Å². The van der Waals surface area contributed by atoms with Crippen LogP contribution in [0.25, 0.3) is 0 Å². The molecule has 0 bridgehead atoms. The topological polar surface area (TPSA) is 27.6 Å². The highest BCUT2D eigenvalue weighted by atomic mass is 79.9. The summed E-state index contributed by atoms with van der Waals surface area (Å²) in [4.78, 5) is 6.70. The first kappa shape index (κ1) is 14.4. The van der Waals surface area contributed by atoms with E-state index in [0.717, 1.165) is 42.9 Å². The molecular formula is C15H22BrN3. The number of aryl methyl sites for hydroxylation is 1. The molecule has 1 N–H and O–H groups in total. The molecule has 0 radical (unpaired) electrons. The van der Waals surface area contributed by atoms with Gasteiger partial charge >= 0.3 is 0 Å². The Morgan fingerprint density at radius 3 is 2.84 bits per heavy atom. The molecule has 0 unspecified atom stereocenters. The number of benzene rings is 1. The Bertz CT molecular complexity index is 425. The molecule has 0 saturated carbocycles. The lowest BCUT2D eigenvalue weighted by molar-refractivity contribution is 0.492. The van der Waals surface area contributed by atoms with Gasteiger partial charge < -0.3 is 10.2 Å². The van der Waals surface area contributed by atoms with E-state index in [1.807, 2.05) is 7.05 Å². The minimum Gasteiger partial charge on any atom is -0.356 e. The Kier molecular flexibility index (Phi) is 5.70. The van der Waals surface area contributed by atoms with Gasteiger partial charge in [-0.05, 0) is 43.4 Å². The Morgan fingerprint density at radius 2 is 2.16 bits per heavy atom. The molecule has 1 aromatic carbocycles. The van der Waals surface area contributed by atoms with Gasteiger partial charge in [-0.25, -0.2) is 0 Å². The zero-order chi connectivity index (χ0) is 13.5. The second-order valence-electron chi connectivity index (χ2n) is 4.90. The molecule has 0 aliphatic carbocycles. The molecule has 0 aromatic heterocycles. The summed E-state index contributed by atoms with van der Waals surface area (Å²) in [5.74, 6) is 1.06. The van der Waals surface area contributed by atoms with Crippen LogP contribution < -0.4 is 5.32 Å². The van der Waals surface area contributed by atoms with E-state index in [9.17, 15) is 0 Å². The maximum absolute atomic E-state index is 4.35. The highest BCUT2D eigenvalue weighted by Crippen LogP contribution is 2.13. The molecule has 19 heavy (non-hydrogen) atoms. The number of likely N-dealkylation sites (tertiary alicyclic amines) is 1. The molecular weight excluding hydrogens is 302 g/mol. The molecule has 2 rings (SSSR count). The van der Waals surface area contributed by atoms with Gasteiger partial charge in [0.1, 0.15) is 0 Å². The van der Waals surface area contributed by atoms with Crippen LogP contribution in [0.2, 0.25) is 0 Å². The molecule has 104 valence electrons. The summed E-state index contributed by atoms with van der Waals surface area (Å²) in [7, 11) is 1.87. The van der Waals surface area contributed by atoms with Crippen molar-refractivity contribution in [3.63, 3.8) is 0 Å². The van der Waals surface area contributed by atoms with E-state index in [4.69, 9.17) is 0 Å². The number of aliphatic imine (C=N–C) groups is 1. The van der Waals surface area contributed by atoms with Gasteiger partial charge in [0.25, 0.3) is 0 Å². The maximum Gasteiger partial charge on any atom is 0.193 e. The van der Waals surface area contributed by atoms with E-state index in [1.54, 1.807) is 0 Å². The standard InChI is InChI=1S/C15H22BrN3/c1-17-15(19-10-2-3-11-19)18-9-5-7-13-6-4-8-14(16)12-13/h4,6,8,12H,2-3,5,7,9-11H2,1H3,(H,17,18). The third kappa shape index (κ3) is 4.53. The smallest absolute Gasteiger partial charge is 0.193 e. The number of halogens is 1. The van der Waals surface area contributed by atoms with Crippen LogP contribution in [0.4, 0.5) is 0 Å². The molecule has 1 aliphatic rings. The lowest BCUT2D eigenvalue weighted by Crippen LogP contribution is -2.40. The summed E-state index contributed by atoms with van der Waals surface area (Å²) < 4.78 is 1.16. The van der Waals surface area contributed by atoms with Gasteiger partial charge in [0.2, 0.25) is 0 Å². The van der Waals surface area contributed by atoms with Crippen LogP contribution in [0.15, 0.2) is 33.7 Å². The van der Waals surface area contributed by atoms with Gasteiger partial charge in [-0.15, -0.1) is 0 Å². The third-order valence-electron chi connectivity index (χ3n) is 3.43. The van der Waals surface area contributed by atoms with Crippen molar-refractivity contribution in [1.82, 2.24) is 10.2 Å². The molecule has 0 amide bonds. The summed E-state index contributed by atoms with van der Waals surface area (Å²) in [6.07, 6.45) is 4.81. The van der Waals surface area contributed by atoms with Gasteiger partial charge in [0.05, 0.1) is 0 Å². The lowest BCUT2D eigenvalue weighted by Gasteiger charge is -2.20. The first-order chi connectivity index (χ1) is 9.29. The van der Waals surface area contributed by atoms with E-state index in [-0.39, 0.29) is 0 Å². The summed E-state index contributed by atoms with van der Waals surface area (Å²) >= 11 is 3.51. The quantitative estimate of drug-likeness (QED) is 0.524. The summed E-state index contributed by atoms with van der Waals surface area (Å²) in [5, 5.41) is 3.46. The highest BCUT2D eigenvalue weighted by molar-refractivity contribution is 9.10. The predicted molar refractivity (Wildman–Crippen MR) is 84.6 cm³/mol. The minimum atomic E-state index is 0.982. The van der Waals surface area contributed by atoms with Crippen LogP contribution in [0, 0.1) is 0 Å². The van der Waals surface area contributed by atoms with E-state index in [1.165, 1.54) is 18.4 Å². The molecule has 1 aromatic rings. The van der Waals surface area contributed by atoms with Crippen molar-refractivity contribution in [2.45, 2.75) is 25.7 Å². The van der Waals surface area contributed by atoms with Crippen molar-refractivity contribution in [3.8, 4) is 0 Å². The number of hydrogen-bond acceptors (Lipinski definition) is 1. The second-order valence-corrected chi connectivity index (χ2v) is 5.82. The van der Waals surface area contributed by atoms with Crippen LogP contribution in [-0.2, 0) is 6.42 Å². The van der Waals surface area contributed by atoms with Crippen LogP contribution in [0.5, 0.6) is 0 Å². The van der Waals surface area contributed by atoms with Gasteiger partial charge in [-0.2, -0.15) is 0 Å². The maximum atomic E-state index is 4.35. The van der Waals surface area contributed by atoms with Crippen molar-refractivity contribution >= 4 is 21.9 Å². The fourth-order valence-corrected chi connectivity index (χ4v) is 2.89. The molecule has 4 heteroatoms. The molecule has 1 aliphatic heterocycles. The average molecular weight is 324 g/mol. The van der Waals surface area contributed by atoms with Gasteiger partial charge in [-0.3, -0.25) is 4.99 Å². The second kappa shape index (κ2) is 7.53. The molecule has 1 saturated heterocycles. The minimum absolute atomic E-state index is 0.982. The van der Waals surface area contributed by atoms with E-state index >= 15 is 0 Å². The number of nitrogens with one attached hydrogen (secondary N) is 1. The first-order valence-corrected chi connectivity index (χ1v) is 7.79. The summed E-state index contributed by atoms with van der Waals surface area (Å²) in [6.45, 7) is 3.27. The van der Waals surface area contributed by atoms with E-state index in [0.29, 0.717) is 0 Å². The largest absolute Gasteiger partial charge is 0.356 e. The average Bonchev–Trinajstić information content (AvgIpc) is 2.93. The lowest BCUT2D eigenvalue weighted by atomic mass is 10.1. The van der Waals surface area contributed by atoms with Crippen LogP contribution in [0.1, 0.15) is 24.8 Å². The number of nitrogens with zero attached hydrogens (tertiary/aromatic N) is 2. The molecule has 1 heterocycles. The van der Waals surface area contributed by atoms with Crippen LogP contribution in [0.3, 0.4) is 0 Å². The highest BCUT2D eigenvalue weighted by Gasteiger charge is 2.14. The van der Waals surface area contributed by atoms with Crippen molar-refractivity contribution in [2.75, 3.05) is 26.7 Å². The van der Waals surface area contributed by atoms with Crippen molar-refractivity contribution in [2.24, 2.45) is 4.99 Å². The molecule has 0 spiro atoms. The third-order valence-corrected chi connectivity index (χ3v) is 3.93. The van der Waals surface area contributed by atoms with Crippen LogP contribution >= 0.6 is 15.9 Å². The predicted octanol–water partition coefficient (Wildman–Crippen LogP) is 3.05. The Morgan fingerprint density at radius 1 is 1.37 bits per heavy atom. The van der Waals surface area contributed by atoms with Gasteiger partial charge in [0.15, 0.2) is 5.96 Å². The Balaban J connectivity index is 1.71. The van der Waals surface area contributed by atoms with Crippen molar-refractivity contribution < 1.29 is 0 Å². The number of rotatable bonds is 4. The van der Waals surface area contributed by atoms with Crippen LogP contribution in [-0.4, -0.2) is 37.5 Å². The van der Waals surface area contributed by atoms with Gasteiger partial charge in [-0.1, -0.05) is 28.1 Å². The SMILES string of the molecule is CN=C(NCCCc1cccc(Br)c1)N1CCCC1. The monoisotopic (exact) mass is 323 g/mol. The zero-order valence-electron chi connectivity index (χ0n) is 11.5. The summed E-state index contributed by atoms with van der Waals surface area (Å²) in [5.41, 5.74) is 1.38. The van der Waals surface area contributed by atoms with E-state index < -0.39 is 0 Å². The molecule has 0 atom stereocenters. The van der Waals surface area contributed by atoms with E-state index in [2.05, 4.69) is 55.4 Å². The Labute approximate surface area is 124 Å². The molecule has 1 fully saturated rings. The number of guanidine groups is 1. The molecule has 3 nitrogen and oxygen atoms in total. The zero-order valence-corrected chi connectivity index (χ0v) is 13.1. The fraction of sp³-hybridized carbons (Fsp3) is 0.533. The van der Waals surface area contributed by atoms with Crippen molar-refractivity contribution in [1.29, 1.82) is 0 Å². The number of hydrogen-bond donors (Lipinski definition) is 1.